The second-order valence-corrected chi connectivity index (χ2v) is 13.3. The van der Waals surface area contributed by atoms with Crippen LogP contribution < -0.4 is 0 Å². The van der Waals surface area contributed by atoms with Gasteiger partial charge in [0.15, 0.2) is 0 Å². The summed E-state index contributed by atoms with van der Waals surface area (Å²) in [6.07, 6.45) is 0. The van der Waals surface area contributed by atoms with Crippen LogP contribution in [-0.4, -0.2) is 8.80 Å². The van der Waals surface area contributed by atoms with Crippen molar-refractivity contribution in [2.45, 2.75) is 0 Å². The first-order chi connectivity index (χ1) is 23.8. The normalized spacial score (nSPS) is 12.6. The van der Waals surface area contributed by atoms with Crippen LogP contribution in [0.5, 0.6) is 0 Å². The topological polar surface area (TPSA) is 8.82 Å². The predicted molar refractivity (Wildman–Crippen MR) is 204 cm³/mol. The van der Waals surface area contributed by atoms with Crippen molar-refractivity contribution in [3.8, 4) is 22.3 Å². The fourth-order valence-electron chi connectivity index (χ4n) is 8.95. The van der Waals surface area contributed by atoms with Crippen LogP contribution in [0.1, 0.15) is 0 Å². The van der Waals surface area contributed by atoms with Gasteiger partial charge in [-0.1, -0.05) is 146 Å². The lowest BCUT2D eigenvalue weighted by atomic mass is 9.98. The number of rotatable bonds is 2. The Bertz CT molecular complexity index is 3060. The molecule has 0 aliphatic rings. The minimum atomic E-state index is 1.24. The number of benzene rings is 8. The Balaban J connectivity index is 1.28. The van der Waals surface area contributed by atoms with Gasteiger partial charge in [0, 0.05) is 43.4 Å². The molecule has 0 fully saturated rings. The van der Waals surface area contributed by atoms with Crippen molar-refractivity contribution in [3.63, 3.8) is 0 Å². The van der Waals surface area contributed by atoms with E-state index >= 15 is 0 Å². The van der Waals surface area contributed by atoms with Crippen molar-refractivity contribution in [3.05, 3.63) is 158 Å². The molecule has 0 radical (unpaired) electrons. The Morgan fingerprint density at radius 3 is 1.08 bits per heavy atom. The Kier molecular flexibility index (Phi) is 4.49. The molecule has 0 saturated heterocycles. The van der Waals surface area contributed by atoms with Gasteiger partial charge in [-0.2, -0.15) is 0 Å². The summed E-state index contributed by atoms with van der Waals surface area (Å²) >= 11 is 0. The van der Waals surface area contributed by atoms with E-state index in [-0.39, 0.29) is 0 Å². The number of fused-ring (bicyclic) bond motifs is 13. The molecule has 0 bridgehead atoms. The fraction of sp³-hybridized carbons (Fsp3) is 0. The van der Waals surface area contributed by atoms with Gasteiger partial charge in [0.25, 0.3) is 0 Å². The summed E-state index contributed by atoms with van der Waals surface area (Å²) in [4.78, 5) is 0. The summed E-state index contributed by atoms with van der Waals surface area (Å²) in [6.45, 7) is 0. The lowest BCUT2D eigenvalue weighted by molar-refractivity contribution is 1.37. The lowest BCUT2D eigenvalue weighted by Crippen LogP contribution is -1.87. The molecular formula is C46H26N2. The highest BCUT2D eigenvalue weighted by Gasteiger charge is 2.27. The van der Waals surface area contributed by atoms with Gasteiger partial charge < -0.3 is 8.80 Å². The minimum absolute atomic E-state index is 1.24. The highest BCUT2D eigenvalue weighted by molar-refractivity contribution is 6.33. The van der Waals surface area contributed by atoms with Crippen molar-refractivity contribution in [2.75, 3.05) is 0 Å². The van der Waals surface area contributed by atoms with E-state index in [1.807, 2.05) is 0 Å². The third kappa shape index (κ3) is 2.95. The molecule has 2 heteroatoms. The van der Waals surface area contributed by atoms with E-state index in [0.717, 1.165) is 0 Å². The van der Waals surface area contributed by atoms with Gasteiger partial charge in [0.1, 0.15) is 0 Å². The first-order valence-corrected chi connectivity index (χ1v) is 16.7. The molecular weight excluding hydrogens is 581 g/mol. The van der Waals surface area contributed by atoms with Gasteiger partial charge in [-0.25, -0.2) is 0 Å². The predicted octanol–water partition coefficient (Wildman–Crippen LogP) is 12.5. The van der Waals surface area contributed by atoms with E-state index in [1.54, 1.807) is 0 Å². The molecule has 0 atom stereocenters. The maximum atomic E-state index is 2.59. The van der Waals surface area contributed by atoms with E-state index in [1.165, 1.54) is 109 Å². The lowest BCUT2D eigenvalue weighted by Gasteiger charge is -2.08. The number of nitrogens with zero attached hydrogens (tertiary/aromatic N) is 2. The molecule has 12 rings (SSSR count). The fourth-order valence-corrected chi connectivity index (χ4v) is 8.95. The van der Waals surface area contributed by atoms with E-state index < -0.39 is 0 Å². The Labute approximate surface area is 275 Å². The van der Waals surface area contributed by atoms with Crippen LogP contribution in [0.15, 0.2) is 158 Å². The summed E-state index contributed by atoms with van der Waals surface area (Å²) in [5.74, 6) is 0. The molecule has 2 nitrogen and oxygen atoms in total. The van der Waals surface area contributed by atoms with Crippen molar-refractivity contribution in [2.24, 2.45) is 0 Å². The molecule has 0 aliphatic heterocycles. The van der Waals surface area contributed by atoms with Crippen molar-refractivity contribution < 1.29 is 0 Å². The summed E-state index contributed by atoms with van der Waals surface area (Å²) < 4.78 is 5.18. The largest absolute Gasteiger partial charge is 0.305 e. The second kappa shape index (κ2) is 8.70. The zero-order chi connectivity index (χ0) is 31.1. The zero-order valence-electron chi connectivity index (χ0n) is 25.9. The zero-order valence-corrected chi connectivity index (χ0v) is 25.9. The van der Waals surface area contributed by atoms with Crippen LogP contribution >= 0.6 is 0 Å². The average molecular weight is 607 g/mol. The van der Waals surface area contributed by atoms with E-state index in [0.29, 0.717) is 0 Å². The maximum absolute atomic E-state index is 2.59. The van der Waals surface area contributed by atoms with E-state index in [2.05, 4.69) is 167 Å². The molecule has 12 aromatic rings. The standard InChI is InChI=1S/C46H26N2/c1-3-11-29-25-31(23-21-27(29)9-1)33-13-5-15-35-37-17-7-19-39-43(37)47(41(33)35)45-40-20-8-18-38-36-16-6-14-34(42(36)48(44(38)40)46(39)45)32-24-22-28-10-2-4-12-30(28)26-32/h1-26H. The molecule has 0 spiro atoms. The molecule has 8 aromatic carbocycles. The molecule has 0 aliphatic carbocycles. The molecule has 4 aromatic heterocycles. The van der Waals surface area contributed by atoms with Gasteiger partial charge in [-0.3, -0.25) is 0 Å². The number of hydrogen-bond donors (Lipinski definition) is 0. The highest BCUT2D eigenvalue weighted by atomic mass is 15.0. The van der Waals surface area contributed by atoms with Crippen LogP contribution in [0.25, 0.3) is 109 Å². The quantitative estimate of drug-likeness (QED) is 0.185. The Hall–Kier alpha value is -6.38. The molecule has 0 amide bonds. The Morgan fingerprint density at radius 1 is 0.250 bits per heavy atom. The molecule has 0 unspecified atom stereocenters. The van der Waals surface area contributed by atoms with Crippen LogP contribution in [-0.2, 0) is 0 Å². The van der Waals surface area contributed by atoms with Gasteiger partial charge in [-0.15, -0.1) is 0 Å². The van der Waals surface area contributed by atoms with Crippen LogP contribution in [0.2, 0.25) is 0 Å². The smallest absolute Gasteiger partial charge is 0.0804 e. The molecule has 4 heterocycles. The number of aromatic nitrogens is 2. The molecule has 220 valence electrons. The summed E-state index contributed by atoms with van der Waals surface area (Å²) in [7, 11) is 0. The molecule has 48 heavy (non-hydrogen) atoms. The van der Waals surface area contributed by atoms with Gasteiger partial charge in [0.2, 0.25) is 0 Å². The van der Waals surface area contributed by atoms with Gasteiger partial charge in [0.05, 0.1) is 33.1 Å². The van der Waals surface area contributed by atoms with Crippen molar-refractivity contribution in [1.29, 1.82) is 0 Å². The highest BCUT2D eigenvalue weighted by Crippen LogP contribution is 2.49. The van der Waals surface area contributed by atoms with Crippen LogP contribution in [0.3, 0.4) is 0 Å². The van der Waals surface area contributed by atoms with Crippen molar-refractivity contribution in [1.82, 2.24) is 8.80 Å². The third-order valence-electron chi connectivity index (χ3n) is 10.9. The summed E-state index contributed by atoms with van der Waals surface area (Å²) in [6, 6.07) is 58.5. The monoisotopic (exact) mass is 606 g/mol. The number of para-hydroxylation sites is 4. The van der Waals surface area contributed by atoms with Crippen LogP contribution in [0.4, 0.5) is 0 Å². The van der Waals surface area contributed by atoms with Gasteiger partial charge >= 0.3 is 0 Å². The minimum Gasteiger partial charge on any atom is -0.305 e. The summed E-state index contributed by atoms with van der Waals surface area (Å²) in [5, 5.41) is 12.9. The SMILES string of the molecule is c1ccc2cc(-c3cccc4c5cccc6c5n(c34)c3c4cccc5c7cccc(-c8ccc9ccccc9c8)c7n(c54)c63)ccc2c1. The maximum Gasteiger partial charge on any atom is 0.0804 e. The van der Waals surface area contributed by atoms with Crippen LogP contribution in [0, 0.1) is 0 Å². The first kappa shape index (κ1) is 24.8. The first-order valence-electron chi connectivity index (χ1n) is 16.7. The third-order valence-corrected chi connectivity index (χ3v) is 10.9. The van der Waals surface area contributed by atoms with Crippen molar-refractivity contribution >= 4 is 87.0 Å². The molecule has 0 N–H and O–H groups in total. The van der Waals surface area contributed by atoms with E-state index in [9.17, 15) is 0 Å². The average Bonchev–Trinajstić information content (AvgIpc) is 3.87. The Morgan fingerprint density at radius 2 is 0.625 bits per heavy atom. The van der Waals surface area contributed by atoms with E-state index in [4.69, 9.17) is 0 Å². The van der Waals surface area contributed by atoms with Gasteiger partial charge in [-0.05, 0) is 44.8 Å². The number of hydrogen-bond acceptors (Lipinski definition) is 0. The molecule has 0 saturated carbocycles. The second-order valence-electron chi connectivity index (χ2n) is 13.3. The summed E-state index contributed by atoms with van der Waals surface area (Å²) in [5.41, 5.74) is 12.8.